The summed E-state index contributed by atoms with van der Waals surface area (Å²) in [6.07, 6.45) is 1.65. The van der Waals surface area contributed by atoms with Crippen molar-refractivity contribution in [3.8, 4) is 11.5 Å². The molecule has 1 fully saturated rings. The first kappa shape index (κ1) is 18.3. The van der Waals surface area contributed by atoms with Crippen LogP contribution in [-0.4, -0.2) is 35.2 Å². The van der Waals surface area contributed by atoms with E-state index in [1.807, 2.05) is 48.5 Å². The molecule has 2 aromatic carbocycles. The van der Waals surface area contributed by atoms with Crippen LogP contribution < -0.4 is 9.47 Å². The van der Waals surface area contributed by atoms with Gasteiger partial charge in [0, 0.05) is 30.3 Å². The molecule has 28 heavy (non-hydrogen) atoms. The fourth-order valence-corrected chi connectivity index (χ4v) is 4.02. The van der Waals surface area contributed by atoms with Gasteiger partial charge in [-0.15, -0.1) is 0 Å². The van der Waals surface area contributed by atoms with Crippen LogP contribution in [0.1, 0.15) is 16.4 Å². The summed E-state index contributed by atoms with van der Waals surface area (Å²) in [7, 11) is 3.13. The van der Waals surface area contributed by atoms with Crippen molar-refractivity contribution in [3.63, 3.8) is 0 Å². The number of amides is 2. The van der Waals surface area contributed by atoms with Crippen molar-refractivity contribution < 1.29 is 19.1 Å². The fraction of sp³-hybridized carbons (Fsp3) is 0.190. The third-order valence-electron chi connectivity index (χ3n) is 4.61. The second kappa shape index (κ2) is 7.52. The molecular weight excluding hydrogens is 376 g/mol. The van der Waals surface area contributed by atoms with Crippen LogP contribution in [0.4, 0.5) is 4.79 Å². The van der Waals surface area contributed by atoms with E-state index >= 15 is 0 Å². The summed E-state index contributed by atoms with van der Waals surface area (Å²) in [5.74, 6) is 1.26. The first-order valence-corrected chi connectivity index (χ1v) is 9.57. The van der Waals surface area contributed by atoms with E-state index in [-0.39, 0.29) is 11.1 Å². The number of likely N-dealkylation sites (N-methyl/N-ethyl adjacent to an activating group) is 1. The van der Waals surface area contributed by atoms with Crippen LogP contribution in [0.15, 0.2) is 54.7 Å². The second-order valence-corrected chi connectivity index (χ2v) is 7.44. The van der Waals surface area contributed by atoms with Gasteiger partial charge in [0.2, 0.25) is 5.91 Å². The lowest BCUT2D eigenvalue weighted by molar-refractivity contribution is -0.125. The van der Waals surface area contributed by atoms with Crippen molar-refractivity contribution in [3.05, 3.63) is 65.9 Å². The van der Waals surface area contributed by atoms with Crippen LogP contribution in [0, 0.1) is 0 Å². The molecule has 0 saturated carbocycles. The Balaban J connectivity index is 1.54. The Bertz CT molecular complexity index is 1070. The van der Waals surface area contributed by atoms with Gasteiger partial charge in [-0.2, -0.15) is 0 Å². The monoisotopic (exact) mass is 394 g/mol. The number of hydrogen-bond acceptors (Lipinski definition) is 6. The number of nitrogens with zero attached hydrogens (tertiary/aromatic N) is 2. The summed E-state index contributed by atoms with van der Waals surface area (Å²) >= 11 is 1.02. The van der Waals surface area contributed by atoms with E-state index in [9.17, 15) is 9.59 Å². The summed E-state index contributed by atoms with van der Waals surface area (Å²) in [4.78, 5) is 29.5. The third-order valence-corrected chi connectivity index (χ3v) is 5.80. The number of hydrogen-bond donors (Lipinski definition) is 0. The van der Waals surface area contributed by atoms with Gasteiger partial charge in [-0.1, -0.05) is 18.2 Å². The zero-order valence-electron chi connectivity index (χ0n) is 15.4. The standard InChI is InChI=1S/C21H18N2O4S/c1-23-20(24)19(28-21(23)25)15-9-13-7-8-16(10-17(13)22-11-15)27-12-14-5-3-4-6-18(14)26-2/h3-11,19H,12H2,1-2H3. The number of thioether (sulfide) groups is 1. The molecule has 1 saturated heterocycles. The number of methoxy groups -OCH3 is 1. The highest BCUT2D eigenvalue weighted by Gasteiger charge is 2.38. The first-order valence-electron chi connectivity index (χ1n) is 8.69. The topological polar surface area (TPSA) is 68.7 Å². The average Bonchev–Trinajstić information content (AvgIpc) is 2.99. The minimum atomic E-state index is -0.532. The van der Waals surface area contributed by atoms with E-state index in [0.29, 0.717) is 12.4 Å². The summed E-state index contributed by atoms with van der Waals surface area (Å²) in [5.41, 5.74) is 2.44. The SMILES string of the molecule is COc1ccccc1COc1ccc2cc(C3SC(=O)N(C)C3=O)cnc2c1. The number of benzene rings is 2. The van der Waals surface area contributed by atoms with Gasteiger partial charge in [0.15, 0.2) is 0 Å². The minimum Gasteiger partial charge on any atom is -0.496 e. The number of carbonyl (C=O) groups excluding carboxylic acids is 2. The molecule has 1 aromatic heterocycles. The van der Waals surface area contributed by atoms with E-state index in [1.165, 1.54) is 7.05 Å². The van der Waals surface area contributed by atoms with Gasteiger partial charge in [-0.3, -0.25) is 19.5 Å². The van der Waals surface area contributed by atoms with Crippen molar-refractivity contribution in [2.24, 2.45) is 0 Å². The van der Waals surface area contributed by atoms with E-state index in [2.05, 4.69) is 4.98 Å². The highest BCUT2D eigenvalue weighted by atomic mass is 32.2. The molecule has 1 unspecified atom stereocenters. The molecule has 2 heterocycles. The van der Waals surface area contributed by atoms with E-state index < -0.39 is 5.25 Å². The van der Waals surface area contributed by atoms with Crippen molar-refractivity contribution >= 4 is 33.8 Å². The van der Waals surface area contributed by atoms with Crippen LogP contribution in [0.3, 0.4) is 0 Å². The Hall–Kier alpha value is -3.06. The van der Waals surface area contributed by atoms with Gasteiger partial charge in [0.1, 0.15) is 23.4 Å². The fourth-order valence-electron chi connectivity index (χ4n) is 3.04. The zero-order valence-corrected chi connectivity index (χ0v) is 16.2. The molecule has 4 rings (SSSR count). The molecule has 3 aromatic rings. The van der Waals surface area contributed by atoms with Gasteiger partial charge in [-0.25, -0.2) is 0 Å². The summed E-state index contributed by atoms with van der Waals surface area (Å²) in [6, 6.07) is 15.2. The second-order valence-electron chi connectivity index (χ2n) is 6.38. The minimum absolute atomic E-state index is 0.215. The maximum absolute atomic E-state index is 12.2. The van der Waals surface area contributed by atoms with E-state index in [4.69, 9.17) is 9.47 Å². The molecule has 142 valence electrons. The first-order chi connectivity index (χ1) is 13.6. The van der Waals surface area contributed by atoms with Crippen LogP contribution >= 0.6 is 11.8 Å². The maximum Gasteiger partial charge on any atom is 0.289 e. The van der Waals surface area contributed by atoms with E-state index in [1.54, 1.807) is 13.3 Å². The maximum atomic E-state index is 12.2. The normalized spacial score (nSPS) is 16.6. The van der Waals surface area contributed by atoms with Gasteiger partial charge in [0.05, 0.1) is 12.6 Å². The van der Waals surface area contributed by atoms with Crippen LogP contribution in [0.25, 0.3) is 10.9 Å². The third kappa shape index (κ3) is 3.41. The number of fused-ring (bicyclic) bond motifs is 1. The summed E-state index contributed by atoms with van der Waals surface area (Å²) in [6.45, 7) is 0.384. The molecule has 0 aliphatic carbocycles. The molecule has 1 aliphatic heterocycles. The largest absolute Gasteiger partial charge is 0.496 e. The lowest BCUT2D eigenvalue weighted by Gasteiger charge is -2.11. The average molecular weight is 394 g/mol. The molecule has 0 N–H and O–H groups in total. The van der Waals surface area contributed by atoms with Crippen molar-refractivity contribution in [1.29, 1.82) is 0 Å². The number of imide groups is 1. The van der Waals surface area contributed by atoms with Gasteiger partial charge in [-0.05, 0) is 41.6 Å². The molecule has 6 nitrogen and oxygen atoms in total. The Morgan fingerprint density at radius 2 is 1.96 bits per heavy atom. The molecule has 0 radical (unpaired) electrons. The lowest BCUT2D eigenvalue weighted by Crippen LogP contribution is -2.24. The predicted molar refractivity (Wildman–Crippen MR) is 108 cm³/mol. The van der Waals surface area contributed by atoms with Gasteiger partial charge < -0.3 is 9.47 Å². The van der Waals surface area contributed by atoms with Gasteiger partial charge in [0.25, 0.3) is 5.24 Å². The number of rotatable bonds is 5. The van der Waals surface area contributed by atoms with Gasteiger partial charge >= 0.3 is 0 Å². The summed E-state index contributed by atoms with van der Waals surface area (Å²) < 4.78 is 11.2. The molecule has 0 bridgehead atoms. The Morgan fingerprint density at radius 3 is 2.71 bits per heavy atom. The Labute approximate surface area is 166 Å². The number of para-hydroxylation sites is 1. The van der Waals surface area contributed by atoms with Crippen molar-refractivity contribution in [2.75, 3.05) is 14.2 Å². The molecule has 0 spiro atoms. The smallest absolute Gasteiger partial charge is 0.289 e. The lowest BCUT2D eigenvalue weighted by atomic mass is 10.1. The van der Waals surface area contributed by atoms with Crippen LogP contribution in [-0.2, 0) is 11.4 Å². The van der Waals surface area contributed by atoms with Crippen molar-refractivity contribution in [1.82, 2.24) is 9.88 Å². The predicted octanol–water partition coefficient (Wildman–Crippen LogP) is 4.19. The van der Waals surface area contributed by atoms with E-state index in [0.717, 1.165) is 44.4 Å². The number of ether oxygens (including phenoxy) is 2. The Morgan fingerprint density at radius 1 is 1.14 bits per heavy atom. The summed E-state index contributed by atoms with van der Waals surface area (Å²) in [5, 5.41) is 0.114. The molecule has 1 atom stereocenters. The van der Waals surface area contributed by atoms with Crippen LogP contribution in [0.2, 0.25) is 0 Å². The van der Waals surface area contributed by atoms with Crippen molar-refractivity contribution in [2.45, 2.75) is 11.9 Å². The van der Waals surface area contributed by atoms with Crippen LogP contribution in [0.5, 0.6) is 11.5 Å². The highest BCUT2D eigenvalue weighted by Crippen LogP contribution is 2.39. The Kier molecular flexibility index (Phi) is 4.92. The number of pyridine rings is 1. The molecule has 7 heteroatoms. The zero-order chi connectivity index (χ0) is 19.7. The molecule has 2 amide bonds. The number of aromatic nitrogens is 1. The molecular formula is C21H18N2O4S. The molecule has 1 aliphatic rings. The quantitative estimate of drug-likeness (QED) is 0.646. The highest BCUT2D eigenvalue weighted by molar-refractivity contribution is 8.14. The number of carbonyl (C=O) groups is 2.